The molecular weight excluding hydrogens is 485 g/mol. The number of halogens is 1. The fourth-order valence-corrected chi connectivity index (χ4v) is 4.37. The van der Waals surface area contributed by atoms with Crippen molar-refractivity contribution < 1.29 is 4.79 Å². The Morgan fingerprint density at radius 2 is 2.21 bits per heavy atom. The maximum Gasteiger partial charge on any atom is 0.239 e. The summed E-state index contributed by atoms with van der Waals surface area (Å²) >= 11 is 1.82. The first-order chi connectivity index (χ1) is 13.0. The van der Waals surface area contributed by atoms with Gasteiger partial charge < -0.3 is 15.5 Å². The second kappa shape index (κ2) is 13.4. The van der Waals surface area contributed by atoms with Gasteiger partial charge in [-0.1, -0.05) is 13.0 Å². The molecule has 1 amide bonds. The summed E-state index contributed by atoms with van der Waals surface area (Å²) in [5.74, 6) is 1.65. The molecule has 2 atom stereocenters. The van der Waals surface area contributed by atoms with Crippen LogP contribution in [0.3, 0.4) is 0 Å². The molecule has 1 fully saturated rings. The lowest BCUT2D eigenvalue weighted by Gasteiger charge is -2.26. The van der Waals surface area contributed by atoms with Crippen molar-refractivity contribution in [3.63, 3.8) is 0 Å². The van der Waals surface area contributed by atoms with E-state index >= 15 is 0 Å². The molecule has 28 heavy (non-hydrogen) atoms. The second-order valence-electron chi connectivity index (χ2n) is 7.55. The normalized spacial score (nSPS) is 18.4. The molecule has 8 heteroatoms. The quantitative estimate of drug-likeness (QED) is 0.227. The van der Waals surface area contributed by atoms with E-state index in [0.717, 1.165) is 57.8 Å². The molecule has 0 spiro atoms. The predicted molar refractivity (Wildman–Crippen MR) is 130 cm³/mol. The average molecular weight is 522 g/mol. The third-order valence-corrected chi connectivity index (χ3v) is 5.87. The minimum Gasteiger partial charge on any atom is -0.356 e. The van der Waals surface area contributed by atoms with Crippen LogP contribution in [-0.2, 0) is 11.2 Å². The molecule has 1 aromatic heterocycles. The van der Waals surface area contributed by atoms with Gasteiger partial charge in [-0.05, 0) is 49.6 Å². The van der Waals surface area contributed by atoms with Crippen molar-refractivity contribution in [1.82, 2.24) is 20.4 Å². The van der Waals surface area contributed by atoms with Crippen molar-refractivity contribution in [1.29, 1.82) is 0 Å². The highest BCUT2D eigenvalue weighted by Crippen LogP contribution is 2.18. The van der Waals surface area contributed by atoms with E-state index in [4.69, 9.17) is 0 Å². The zero-order chi connectivity index (χ0) is 19.6. The lowest BCUT2D eigenvalue weighted by Crippen LogP contribution is -2.44. The number of likely N-dealkylation sites (N-methyl/N-ethyl adjacent to an activating group) is 1. The van der Waals surface area contributed by atoms with E-state index in [1.54, 1.807) is 4.90 Å². The van der Waals surface area contributed by atoms with Crippen LogP contribution < -0.4 is 10.6 Å². The van der Waals surface area contributed by atoms with Crippen LogP contribution in [0.25, 0.3) is 0 Å². The van der Waals surface area contributed by atoms with Gasteiger partial charge in [0.1, 0.15) is 0 Å². The Bertz CT molecular complexity index is 593. The number of carbonyl (C=O) groups excluding carboxylic acids is 1. The molecule has 1 aliphatic heterocycles. The average Bonchev–Trinajstić information content (AvgIpc) is 3.32. The standard InChI is InChI=1S/C20H35N5OS.HI/c1-16(14-17-8-6-13-27-17)15-23-20(21-2)22-10-7-12-25-11-5-9-18(25)19(26)24(3)4;/h6,8,13,16,18H,5,7,9-12,14-15H2,1-4H3,(H2,21,22,23);1H. The van der Waals surface area contributed by atoms with E-state index in [1.807, 2.05) is 32.5 Å². The smallest absolute Gasteiger partial charge is 0.239 e. The summed E-state index contributed by atoms with van der Waals surface area (Å²) in [7, 11) is 5.50. The van der Waals surface area contributed by atoms with Crippen molar-refractivity contribution >= 4 is 47.2 Å². The molecule has 2 rings (SSSR count). The number of thiophene rings is 1. The Balaban J connectivity index is 0.00000392. The number of carbonyl (C=O) groups is 1. The topological polar surface area (TPSA) is 60.0 Å². The molecule has 1 aromatic rings. The van der Waals surface area contributed by atoms with Crippen molar-refractivity contribution in [2.45, 2.75) is 38.6 Å². The molecule has 2 N–H and O–H groups in total. The van der Waals surface area contributed by atoms with Gasteiger partial charge in [0.15, 0.2) is 5.96 Å². The van der Waals surface area contributed by atoms with Gasteiger partial charge in [-0.15, -0.1) is 35.3 Å². The summed E-state index contributed by atoms with van der Waals surface area (Å²) in [6.07, 6.45) is 4.19. The second-order valence-corrected chi connectivity index (χ2v) is 8.58. The Morgan fingerprint density at radius 3 is 2.86 bits per heavy atom. The zero-order valence-corrected chi connectivity index (χ0v) is 20.8. The molecule has 0 aromatic carbocycles. The van der Waals surface area contributed by atoms with Crippen LogP contribution in [0.1, 0.15) is 31.1 Å². The third kappa shape index (κ3) is 8.24. The molecule has 0 radical (unpaired) electrons. The molecule has 2 heterocycles. The number of amides is 1. The van der Waals surface area contributed by atoms with Gasteiger partial charge in [0.25, 0.3) is 0 Å². The summed E-state index contributed by atoms with van der Waals surface area (Å²) < 4.78 is 0. The maximum atomic E-state index is 12.2. The number of guanidine groups is 1. The first kappa shape index (κ1) is 25.2. The fourth-order valence-electron chi connectivity index (χ4n) is 3.50. The van der Waals surface area contributed by atoms with Crippen LogP contribution in [0.2, 0.25) is 0 Å². The van der Waals surface area contributed by atoms with E-state index in [2.05, 4.69) is 45.0 Å². The molecule has 1 aliphatic rings. The molecule has 0 aliphatic carbocycles. The van der Waals surface area contributed by atoms with Gasteiger partial charge in [-0.25, -0.2) is 0 Å². The summed E-state index contributed by atoms with van der Waals surface area (Å²) in [6.45, 7) is 6.00. The lowest BCUT2D eigenvalue weighted by molar-refractivity contribution is -0.133. The monoisotopic (exact) mass is 521 g/mol. The highest BCUT2D eigenvalue weighted by molar-refractivity contribution is 14.0. The molecule has 160 valence electrons. The Morgan fingerprint density at radius 1 is 1.43 bits per heavy atom. The number of hydrogen-bond acceptors (Lipinski definition) is 4. The van der Waals surface area contributed by atoms with Gasteiger partial charge >= 0.3 is 0 Å². The number of nitrogens with one attached hydrogen (secondary N) is 2. The fraction of sp³-hybridized carbons (Fsp3) is 0.700. The van der Waals surface area contributed by atoms with Crippen LogP contribution in [-0.4, -0.2) is 75.0 Å². The molecule has 0 bridgehead atoms. The summed E-state index contributed by atoms with van der Waals surface area (Å²) in [5, 5.41) is 8.95. The van der Waals surface area contributed by atoms with E-state index in [-0.39, 0.29) is 35.9 Å². The van der Waals surface area contributed by atoms with E-state index < -0.39 is 0 Å². The number of hydrogen-bond donors (Lipinski definition) is 2. The van der Waals surface area contributed by atoms with Crippen LogP contribution in [0.4, 0.5) is 0 Å². The molecule has 1 saturated heterocycles. The molecular formula is C20H36IN5OS. The molecule has 0 saturated carbocycles. The number of nitrogens with zero attached hydrogens (tertiary/aromatic N) is 3. The van der Waals surface area contributed by atoms with Crippen LogP contribution in [0.5, 0.6) is 0 Å². The first-order valence-corrected chi connectivity index (χ1v) is 10.8. The largest absolute Gasteiger partial charge is 0.356 e. The van der Waals surface area contributed by atoms with Gasteiger partial charge in [0.05, 0.1) is 6.04 Å². The summed E-state index contributed by atoms with van der Waals surface area (Å²) in [5.41, 5.74) is 0. The Kier molecular flexibility index (Phi) is 12.0. The van der Waals surface area contributed by atoms with Crippen LogP contribution >= 0.6 is 35.3 Å². The number of aliphatic imine (C=N–C) groups is 1. The highest BCUT2D eigenvalue weighted by Gasteiger charge is 2.30. The summed E-state index contributed by atoms with van der Waals surface area (Å²) in [6, 6.07) is 4.37. The molecule has 2 unspecified atom stereocenters. The van der Waals surface area contributed by atoms with Crippen molar-refractivity contribution in [3.8, 4) is 0 Å². The van der Waals surface area contributed by atoms with E-state index in [9.17, 15) is 4.79 Å². The van der Waals surface area contributed by atoms with E-state index in [0.29, 0.717) is 5.92 Å². The van der Waals surface area contributed by atoms with Crippen molar-refractivity contribution in [3.05, 3.63) is 22.4 Å². The number of likely N-dealkylation sites (tertiary alicyclic amines) is 1. The van der Waals surface area contributed by atoms with Gasteiger partial charge in [-0.3, -0.25) is 14.7 Å². The maximum absolute atomic E-state index is 12.2. The minimum absolute atomic E-state index is 0. The third-order valence-electron chi connectivity index (χ3n) is 4.98. The van der Waals surface area contributed by atoms with Gasteiger partial charge in [0, 0.05) is 45.7 Å². The summed E-state index contributed by atoms with van der Waals surface area (Å²) in [4.78, 5) is 22.0. The van der Waals surface area contributed by atoms with Crippen LogP contribution in [0, 0.1) is 5.92 Å². The highest BCUT2D eigenvalue weighted by atomic mass is 127. The molecule has 6 nitrogen and oxygen atoms in total. The first-order valence-electron chi connectivity index (χ1n) is 9.93. The van der Waals surface area contributed by atoms with Gasteiger partial charge in [0.2, 0.25) is 5.91 Å². The van der Waals surface area contributed by atoms with Gasteiger partial charge in [-0.2, -0.15) is 0 Å². The predicted octanol–water partition coefficient (Wildman–Crippen LogP) is 2.65. The lowest BCUT2D eigenvalue weighted by atomic mass is 10.1. The SMILES string of the molecule is CN=C(NCCCN1CCCC1C(=O)N(C)C)NCC(C)Cc1cccs1.I. The Labute approximate surface area is 191 Å². The van der Waals surface area contributed by atoms with Crippen molar-refractivity contribution in [2.75, 3.05) is 47.3 Å². The van der Waals surface area contributed by atoms with E-state index in [1.165, 1.54) is 4.88 Å². The minimum atomic E-state index is 0. The number of rotatable bonds is 9. The van der Waals surface area contributed by atoms with Crippen molar-refractivity contribution in [2.24, 2.45) is 10.9 Å². The zero-order valence-electron chi connectivity index (χ0n) is 17.6. The van der Waals surface area contributed by atoms with Crippen LogP contribution in [0.15, 0.2) is 22.5 Å². The Hall–Kier alpha value is -0.870.